The fourth-order valence-corrected chi connectivity index (χ4v) is 2.78. The highest BCUT2D eigenvalue weighted by atomic mass is 16.7. The summed E-state index contributed by atoms with van der Waals surface area (Å²) in [6, 6.07) is 13.4. The predicted octanol–water partition coefficient (Wildman–Crippen LogP) is 3.33. The lowest BCUT2D eigenvalue weighted by Crippen LogP contribution is -2.30. The van der Waals surface area contributed by atoms with Crippen LogP contribution < -0.4 is 20.1 Å². The average molecular weight is 421 g/mol. The van der Waals surface area contributed by atoms with Crippen LogP contribution in [0.5, 0.6) is 11.5 Å². The molecule has 0 saturated carbocycles. The summed E-state index contributed by atoms with van der Waals surface area (Å²) in [6.07, 6.45) is 2.80. The molecule has 0 radical (unpaired) electrons. The maximum Gasteiger partial charge on any atom is 0.291 e. The highest BCUT2D eigenvalue weighted by molar-refractivity contribution is 6.10. The van der Waals surface area contributed by atoms with Gasteiger partial charge in [-0.15, -0.1) is 0 Å². The third-order valence-corrected chi connectivity index (χ3v) is 4.28. The molecule has 0 fully saturated rings. The van der Waals surface area contributed by atoms with Gasteiger partial charge in [0.1, 0.15) is 5.70 Å². The molecule has 0 bridgehead atoms. The Bertz CT molecular complexity index is 1170. The first-order valence-electron chi connectivity index (χ1n) is 9.01. The molecule has 0 atom stereocenters. The van der Waals surface area contributed by atoms with Crippen LogP contribution in [0.25, 0.3) is 6.08 Å². The topological polar surface area (TPSA) is 133 Å². The predicted molar refractivity (Wildman–Crippen MR) is 108 cm³/mol. The number of nitro groups is 1. The van der Waals surface area contributed by atoms with Crippen molar-refractivity contribution in [3.05, 3.63) is 88.0 Å². The number of nitrogens with one attached hydrogen (secondary N) is 2. The zero-order valence-corrected chi connectivity index (χ0v) is 15.9. The molecule has 10 nitrogen and oxygen atoms in total. The minimum absolute atomic E-state index is 0.0275. The van der Waals surface area contributed by atoms with E-state index in [9.17, 15) is 19.7 Å². The Labute approximate surface area is 175 Å². The van der Waals surface area contributed by atoms with E-state index >= 15 is 0 Å². The number of carbonyl (C=O) groups is 2. The Morgan fingerprint density at radius 3 is 2.52 bits per heavy atom. The summed E-state index contributed by atoms with van der Waals surface area (Å²) in [5.41, 5.74) is 0.719. The summed E-state index contributed by atoms with van der Waals surface area (Å²) in [4.78, 5) is 35.5. The van der Waals surface area contributed by atoms with Gasteiger partial charge in [-0.2, -0.15) is 0 Å². The molecule has 4 rings (SSSR count). The van der Waals surface area contributed by atoms with Crippen molar-refractivity contribution in [3.8, 4) is 11.5 Å². The average Bonchev–Trinajstić information content (AvgIpc) is 3.45. The van der Waals surface area contributed by atoms with Gasteiger partial charge in [-0.05, 0) is 48.0 Å². The van der Waals surface area contributed by atoms with E-state index < -0.39 is 16.7 Å². The number of non-ortho nitro benzene ring substituents is 1. The molecule has 1 aromatic heterocycles. The number of nitro benzene ring substituents is 1. The van der Waals surface area contributed by atoms with Crippen LogP contribution in [0.4, 0.5) is 11.4 Å². The maximum atomic E-state index is 12.9. The molecule has 0 unspecified atom stereocenters. The second-order valence-electron chi connectivity index (χ2n) is 6.36. The van der Waals surface area contributed by atoms with Gasteiger partial charge in [0.25, 0.3) is 17.5 Å². The molecule has 2 amide bonds. The first kappa shape index (κ1) is 19.7. The lowest BCUT2D eigenvalue weighted by Gasteiger charge is -2.10. The van der Waals surface area contributed by atoms with E-state index in [1.807, 2.05) is 0 Å². The molecule has 0 spiro atoms. The molecule has 10 heteroatoms. The molecule has 1 aliphatic rings. The van der Waals surface area contributed by atoms with Crippen LogP contribution in [0.2, 0.25) is 0 Å². The number of carbonyl (C=O) groups excluding carboxylic acids is 2. The van der Waals surface area contributed by atoms with E-state index in [2.05, 4.69) is 10.6 Å². The van der Waals surface area contributed by atoms with Crippen molar-refractivity contribution < 1.29 is 28.4 Å². The quantitative estimate of drug-likeness (QED) is 0.354. The number of anilines is 1. The molecule has 31 heavy (non-hydrogen) atoms. The van der Waals surface area contributed by atoms with Crippen molar-refractivity contribution >= 4 is 29.3 Å². The van der Waals surface area contributed by atoms with Crippen molar-refractivity contribution in [2.75, 3.05) is 12.1 Å². The van der Waals surface area contributed by atoms with Gasteiger partial charge in [-0.3, -0.25) is 19.7 Å². The Morgan fingerprint density at radius 1 is 1.03 bits per heavy atom. The van der Waals surface area contributed by atoms with Crippen LogP contribution in [0, 0.1) is 10.1 Å². The lowest BCUT2D eigenvalue weighted by molar-refractivity contribution is -0.384. The fraction of sp³-hybridized carbons (Fsp3) is 0.0476. The third kappa shape index (κ3) is 4.53. The van der Waals surface area contributed by atoms with Crippen LogP contribution in [0.15, 0.2) is 71.0 Å². The van der Waals surface area contributed by atoms with E-state index in [0.29, 0.717) is 22.7 Å². The standard InChI is InChI=1S/C21H15N3O7/c25-20(22-14-4-6-15(7-5-14)24(27)28)16(23-21(26)18-2-1-9-29-18)10-13-3-8-17-19(11-13)31-12-30-17/h1-11H,12H2,(H,22,25)(H,23,26)/b16-10+. The van der Waals surface area contributed by atoms with Gasteiger partial charge >= 0.3 is 0 Å². The minimum atomic E-state index is -0.633. The molecule has 1 aliphatic heterocycles. The number of amides is 2. The first-order chi connectivity index (χ1) is 15.0. The van der Waals surface area contributed by atoms with Crippen molar-refractivity contribution in [1.82, 2.24) is 5.32 Å². The zero-order chi connectivity index (χ0) is 21.8. The van der Waals surface area contributed by atoms with E-state index in [0.717, 1.165) is 0 Å². The molecule has 156 valence electrons. The molecular formula is C21H15N3O7. The second kappa shape index (κ2) is 8.41. The second-order valence-corrected chi connectivity index (χ2v) is 6.36. The van der Waals surface area contributed by atoms with Gasteiger partial charge in [-0.1, -0.05) is 6.07 Å². The number of hydrogen-bond donors (Lipinski definition) is 2. The van der Waals surface area contributed by atoms with E-state index in [1.54, 1.807) is 24.3 Å². The van der Waals surface area contributed by atoms with Gasteiger partial charge in [0.15, 0.2) is 17.3 Å². The number of ether oxygens (including phenoxy) is 2. The van der Waals surface area contributed by atoms with Crippen molar-refractivity contribution in [2.24, 2.45) is 0 Å². The van der Waals surface area contributed by atoms with Crippen LogP contribution in [0.3, 0.4) is 0 Å². The van der Waals surface area contributed by atoms with Crippen LogP contribution in [-0.4, -0.2) is 23.5 Å². The number of benzene rings is 2. The van der Waals surface area contributed by atoms with Crippen LogP contribution >= 0.6 is 0 Å². The number of hydrogen-bond acceptors (Lipinski definition) is 7. The summed E-state index contributed by atoms with van der Waals surface area (Å²) in [5, 5.41) is 15.9. The zero-order valence-electron chi connectivity index (χ0n) is 15.9. The highest BCUT2D eigenvalue weighted by Gasteiger charge is 2.18. The summed E-state index contributed by atoms with van der Waals surface area (Å²) in [5.74, 6) is -0.128. The molecule has 2 N–H and O–H groups in total. The van der Waals surface area contributed by atoms with Crippen molar-refractivity contribution in [2.45, 2.75) is 0 Å². The third-order valence-electron chi connectivity index (χ3n) is 4.28. The van der Waals surface area contributed by atoms with Gasteiger partial charge < -0.3 is 24.5 Å². The van der Waals surface area contributed by atoms with Crippen LogP contribution in [-0.2, 0) is 4.79 Å². The van der Waals surface area contributed by atoms with Crippen molar-refractivity contribution in [1.29, 1.82) is 0 Å². The largest absolute Gasteiger partial charge is 0.459 e. The molecular weight excluding hydrogens is 406 g/mol. The smallest absolute Gasteiger partial charge is 0.291 e. The lowest BCUT2D eigenvalue weighted by atomic mass is 10.1. The number of fused-ring (bicyclic) bond motifs is 1. The first-order valence-corrected chi connectivity index (χ1v) is 9.01. The Kier molecular flexibility index (Phi) is 5.35. The van der Waals surface area contributed by atoms with Gasteiger partial charge in [-0.25, -0.2) is 0 Å². The minimum Gasteiger partial charge on any atom is -0.459 e. The maximum absolute atomic E-state index is 12.9. The van der Waals surface area contributed by atoms with Crippen LogP contribution in [0.1, 0.15) is 16.1 Å². The van der Waals surface area contributed by atoms with E-state index in [4.69, 9.17) is 13.9 Å². The summed E-state index contributed by atoms with van der Waals surface area (Å²) in [7, 11) is 0. The molecule has 0 saturated heterocycles. The van der Waals surface area contributed by atoms with Gasteiger partial charge in [0.2, 0.25) is 6.79 Å². The normalized spacial score (nSPS) is 12.3. The number of nitrogens with zero attached hydrogens (tertiary/aromatic N) is 1. The van der Waals surface area contributed by atoms with E-state index in [1.165, 1.54) is 42.7 Å². The number of rotatable bonds is 6. The van der Waals surface area contributed by atoms with E-state index in [-0.39, 0.29) is 23.9 Å². The highest BCUT2D eigenvalue weighted by Crippen LogP contribution is 2.33. The summed E-state index contributed by atoms with van der Waals surface area (Å²) in [6.45, 7) is 0.102. The molecule has 3 aromatic rings. The summed E-state index contributed by atoms with van der Waals surface area (Å²) < 4.78 is 15.7. The van der Waals surface area contributed by atoms with Crippen molar-refractivity contribution in [3.63, 3.8) is 0 Å². The van der Waals surface area contributed by atoms with Gasteiger partial charge in [0.05, 0.1) is 11.2 Å². The Balaban J connectivity index is 1.60. The Morgan fingerprint density at radius 2 is 1.81 bits per heavy atom. The number of furan rings is 1. The molecule has 2 aromatic carbocycles. The SMILES string of the molecule is O=C(Nc1ccc([N+](=O)[O-])cc1)/C(=C\c1ccc2c(c1)OCO2)NC(=O)c1ccco1. The molecule has 2 heterocycles. The fourth-order valence-electron chi connectivity index (χ4n) is 2.78. The Hall–Kier alpha value is -4.60. The molecule has 0 aliphatic carbocycles. The summed E-state index contributed by atoms with van der Waals surface area (Å²) >= 11 is 0. The van der Waals surface area contributed by atoms with Gasteiger partial charge in [0, 0.05) is 17.8 Å². The monoisotopic (exact) mass is 421 g/mol.